The van der Waals surface area contributed by atoms with Crippen LogP contribution in [0.5, 0.6) is 5.75 Å². The monoisotopic (exact) mass is 225 g/mol. The Hall–Kier alpha value is -0.670. The van der Waals surface area contributed by atoms with E-state index in [4.69, 9.17) is 4.74 Å². The topological polar surface area (TPSA) is 21.3 Å². The van der Waals surface area contributed by atoms with Gasteiger partial charge in [0, 0.05) is 12.3 Å². The first-order chi connectivity index (χ1) is 7.36. The molecule has 0 unspecified atom stereocenters. The summed E-state index contributed by atoms with van der Waals surface area (Å²) in [5.41, 5.74) is 1.30. The molecule has 1 rings (SSSR count). The smallest absolute Gasteiger partial charge is 0.119 e. The Labute approximate surface area is 96.4 Å². The van der Waals surface area contributed by atoms with E-state index in [0.29, 0.717) is 0 Å². The van der Waals surface area contributed by atoms with Crippen molar-refractivity contribution in [3.05, 3.63) is 29.8 Å². The summed E-state index contributed by atoms with van der Waals surface area (Å²) < 4.78 is 5.56. The van der Waals surface area contributed by atoms with Crippen LogP contribution in [0.25, 0.3) is 0 Å². The van der Waals surface area contributed by atoms with Gasteiger partial charge in [0.15, 0.2) is 0 Å². The fraction of sp³-hybridized carbons (Fsp3) is 0.500. The van der Waals surface area contributed by atoms with Crippen LogP contribution in [0.2, 0.25) is 0 Å². The average molecular weight is 225 g/mol. The molecule has 0 saturated heterocycles. The maximum absolute atomic E-state index is 5.56. The predicted molar refractivity (Wildman–Crippen MR) is 67.7 cm³/mol. The van der Waals surface area contributed by atoms with Gasteiger partial charge in [-0.25, -0.2) is 0 Å². The van der Waals surface area contributed by atoms with E-state index >= 15 is 0 Å². The summed E-state index contributed by atoms with van der Waals surface area (Å²) >= 11 is 1.80. The number of hydrogen-bond acceptors (Lipinski definition) is 3. The van der Waals surface area contributed by atoms with Crippen LogP contribution in [0.4, 0.5) is 0 Å². The van der Waals surface area contributed by atoms with E-state index in [0.717, 1.165) is 31.2 Å². The van der Waals surface area contributed by atoms with E-state index in [9.17, 15) is 0 Å². The van der Waals surface area contributed by atoms with Crippen LogP contribution >= 0.6 is 11.8 Å². The number of rotatable bonds is 7. The van der Waals surface area contributed by atoms with Crippen molar-refractivity contribution < 1.29 is 4.74 Å². The molecule has 1 aromatic carbocycles. The lowest BCUT2D eigenvalue weighted by molar-refractivity contribution is 0.344. The van der Waals surface area contributed by atoms with Gasteiger partial charge in [0.2, 0.25) is 0 Å². The molecule has 0 spiro atoms. The number of benzene rings is 1. The molecule has 84 valence electrons. The first-order valence-corrected chi connectivity index (χ1v) is 6.67. The Morgan fingerprint density at radius 2 is 2.00 bits per heavy atom. The summed E-state index contributed by atoms with van der Waals surface area (Å²) in [6, 6.07) is 8.29. The number of thioether (sulfide) groups is 1. The van der Waals surface area contributed by atoms with Crippen LogP contribution < -0.4 is 10.1 Å². The largest absolute Gasteiger partial charge is 0.493 e. The molecule has 2 nitrogen and oxygen atoms in total. The second kappa shape index (κ2) is 7.60. The molecule has 1 aromatic rings. The standard InChI is InChI=1S/C12H19NOS/c1-3-13-10-11-4-6-12(7-5-11)14-8-9-15-2/h4-7,13H,3,8-10H2,1-2H3. The summed E-state index contributed by atoms with van der Waals surface area (Å²) in [5, 5.41) is 3.29. The molecular weight excluding hydrogens is 206 g/mol. The van der Waals surface area contributed by atoms with Gasteiger partial charge in [0.1, 0.15) is 5.75 Å². The third-order valence-corrected chi connectivity index (χ3v) is 2.63. The highest BCUT2D eigenvalue weighted by Gasteiger charge is 1.94. The number of ether oxygens (including phenoxy) is 1. The van der Waals surface area contributed by atoms with Crippen molar-refractivity contribution in [1.29, 1.82) is 0 Å². The molecule has 0 fully saturated rings. The highest BCUT2D eigenvalue weighted by molar-refractivity contribution is 7.98. The molecule has 0 amide bonds. The minimum Gasteiger partial charge on any atom is -0.493 e. The maximum atomic E-state index is 5.56. The minimum absolute atomic E-state index is 0.785. The molecule has 0 saturated carbocycles. The number of nitrogens with one attached hydrogen (secondary N) is 1. The predicted octanol–water partition coefficient (Wildman–Crippen LogP) is 2.54. The molecule has 0 aromatic heterocycles. The second-order valence-corrected chi connectivity index (χ2v) is 4.25. The molecule has 0 atom stereocenters. The van der Waals surface area contributed by atoms with E-state index < -0.39 is 0 Å². The van der Waals surface area contributed by atoms with Crippen LogP contribution in [-0.2, 0) is 6.54 Å². The minimum atomic E-state index is 0.785. The third kappa shape index (κ3) is 5.09. The zero-order valence-corrected chi connectivity index (χ0v) is 10.3. The zero-order chi connectivity index (χ0) is 10.9. The quantitative estimate of drug-likeness (QED) is 0.721. The highest BCUT2D eigenvalue weighted by atomic mass is 32.2. The van der Waals surface area contributed by atoms with Gasteiger partial charge in [-0.1, -0.05) is 19.1 Å². The van der Waals surface area contributed by atoms with Crippen LogP contribution in [0.1, 0.15) is 12.5 Å². The summed E-state index contributed by atoms with van der Waals surface area (Å²) in [5.74, 6) is 2.00. The van der Waals surface area contributed by atoms with Gasteiger partial charge < -0.3 is 10.1 Å². The lowest BCUT2D eigenvalue weighted by Crippen LogP contribution is -2.11. The van der Waals surface area contributed by atoms with Crippen LogP contribution in [-0.4, -0.2) is 25.2 Å². The van der Waals surface area contributed by atoms with Gasteiger partial charge in [0.05, 0.1) is 6.61 Å². The van der Waals surface area contributed by atoms with E-state index in [1.807, 2.05) is 12.1 Å². The number of hydrogen-bond donors (Lipinski definition) is 1. The molecule has 1 N–H and O–H groups in total. The Kier molecular flexibility index (Phi) is 6.28. The lowest BCUT2D eigenvalue weighted by Gasteiger charge is -2.06. The fourth-order valence-corrected chi connectivity index (χ4v) is 1.47. The Morgan fingerprint density at radius 3 is 2.60 bits per heavy atom. The average Bonchev–Trinajstić information content (AvgIpc) is 2.28. The van der Waals surface area contributed by atoms with Gasteiger partial charge in [0.25, 0.3) is 0 Å². The maximum Gasteiger partial charge on any atom is 0.119 e. The van der Waals surface area contributed by atoms with Crippen molar-refractivity contribution >= 4 is 11.8 Å². The fourth-order valence-electron chi connectivity index (χ4n) is 1.22. The van der Waals surface area contributed by atoms with E-state index in [2.05, 4.69) is 30.6 Å². The molecule has 3 heteroatoms. The molecule has 0 heterocycles. The van der Waals surface area contributed by atoms with Crippen molar-refractivity contribution in [3.63, 3.8) is 0 Å². The van der Waals surface area contributed by atoms with Crippen molar-refractivity contribution in [1.82, 2.24) is 5.32 Å². The normalized spacial score (nSPS) is 10.3. The van der Waals surface area contributed by atoms with Crippen LogP contribution in [0.15, 0.2) is 24.3 Å². The highest BCUT2D eigenvalue weighted by Crippen LogP contribution is 2.12. The van der Waals surface area contributed by atoms with Crippen LogP contribution in [0.3, 0.4) is 0 Å². The Bertz CT molecular complexity index is 261. The SMILES string of the molecule is CCNCc1ccc(OCCSC)cc1. The summed E-state index contributed by atoms with van der Waals surface area (Å²) in [4.78, 5) is 0. The molecule has 0 aliphatic carbocycles. The first kappa shape index (κ1) is 12.4. The van der Waals surface area contributed by atoms with Crippen molar-refractivity contribution in [2.75, 3.05) is 25.2 Å². The van der Waals surface area contributed by atoms with Gasteiger partial charge >= 0.3 is 0 Å². The van der Waals surface area contributed by atoms with Crippen molar-refractivity contribution in [2.24, 2.45) is 0 Å². The molecular formula is C12H19NOS. The van der Waals surface area contributed by atoms with Crippen molar-refractivity contribution in [2.45, 2.75) is 13.5 Å². The van der Waals surface area contributed by atoms with Gasteiger partial charge in [-0.3, -0.25) is 0 Å². The third-order valence-electron chi connectivity index (χ3n) is 2.06. The molecule has 0 aliphatic rings. The van der Waals surface area contributed by atoms with Crippen molar-refractivity contribution in [3.8, 4) is 5.75 Å². The Morgan fingerprint density at radius 1 is 1.27 bits per heavy atom. The molecule has 0 radical (unpaired) electrons. The van der Waals surface area contributed by atoms with Crippen LogP contribution in [0, 0.1) is 0 Å². The Balaban J connectivity index is 2.35. The van der Waals surface area contributed by atoms with E-state index in [-0.39, 0.29) is 0 Å². The zero-order valence-electron chi connectivity index (χ0n) is 9.45. The lowest BCUT2D eigenvalue weighted by atomic mass is 10.2. The van der Waals surface area contributed by atoms with Gasteiger partial charge in [-0.15, -0.1) is 0 Å². The summed E-state index contributed by atoms with van der Waals surface area (Å²) in [6.07, 6.45) is 2.09. The molecule has 0 aliphatic heterocycles. The summed E-state index contributed by atoms with van der Waals surface area (Å²) in [7, 11) is 0. The van der Waals surface area contributed by atoms with Gasteiger partial charge in [-0.05, 0) is 30.5 Å². The van der Waals surface area contributed by atoms with E-state index in [1.165, 1.54) is 5.56 Å². The van der Waals surface area contributed by atoms with Gasteiger partial charge in [-0.2, -0.15) is 11.8 Å². The molecule has 15 heavy (non-hydrogen) atoms. The summed E-state index contributed by atoms with van der Waals surface area (Å²) in [6.45, 7) is 4.83. The first-order valence-electron chi connectivity index (χ1n) is 5.28. The second-order valence-electron chi connectivity index (χ2n) is 3.27. The van der Waals surface area contributed by atoms with E-state index in [1.54, 1.807) is 11.8 Å². The molecule has 0 bridgehead atoms.